The van der Waals surface area contributed by atoms with E-state index < -0.39 is 0 Å². The molecule has 1 fully saturated rings. The monoisotopic (exact) mass is 167 g/mol. The molecule has 0 unspecified atom stereocenters. The zero-order valence-corrected chi connectivity index (χ0v) is 7.07. The van der Waals surface area contributed by atoms with Gasteiger partial charge in [0.1, 0.15) is 0 Å². The van der Waals surface area contributed by atoms with Gasteiger partial charge in [-0.15, -0.1) is 5.10 Å². The fourth-order valence-corrected chi connectivity index (χ4v) is 1.60. The van der Waals surface area contributed by atoms with E-state index in [2.05, 4.69) is 15.3 Å². The zero-order valence-electron chi connectivity index (χ0n) is 7.07. The number of aromatic nitrogens is 2. The van der Waals surface area contributed by atoms with E-state index in [0.717, 1.165) is 12.3 Å². The van der Waals surface area contributed by atoms with E-state index in [9.17, 15) is 0 Å². The molecule has 1 saturated heterocycles. The minimum Gasteiger partial charge on any atom is -0.341 e. The van der Waals surface area contributed by atoms with Gasteiger partial charge in [0.25, 0.3) is 0 Å². The first-order valence-electron chi connectivity index (χ1n) is 4.44. The summed E-state index contributed by atoms with van der Waals surface area (Å²) >= 11 is 0. The molecule has 2 rings (SSSR count). The fourth-order valence-electron chi connectivity index (χ4n) is 1.60. The molecule has 2 heterocycles. The van der Waals surface area contributed by atoms with Crippen molar-refractivity contribution < 1.29 is 4.52 Å². The summed E-state index contributed by atoms with van der Waals surface area (Å²) in [5.74, 6) is 0.872. The van der Waals surface area contributed by atoms with Crippen LogP contribution in [-0.2, 0) is 6.54 Å². The van der Waals surface area contributed by atoms with Crippen LogP contribution in [0.5, 0.6) is 0 Å². The third kappa shape index (κ3) is 1.82. The van der Waals surface area contributed by atoms with Crippen LogP contribution in [0.1, 0.15) is 25.0 Å². The quantitative estimate of drug-likeness (QED) is 0.660. The molecule has 0 amide bonds. The molecule has 1 aromatic rings. The van der Waals surface area contributed by atoms with Gasteiger partial charge in [0.05, 0.1) is 12.7 Å². The highest BCUT2D eigenvalue weighted by molar-refractivity contribution is 4.85. The van der Waals surface area contributed by atoms with E-state index in [1.54, 1.807) is 6.20 Å². The van der Waals surface area contributed by atoms with Crippen molar-refractivity contribution >= 4 is 0 Å². The second kappa shape index (κ2) is 3.67. The summed E-state index contributed by atoms with van der Waals surface area (Å²) in [6.45, 7) is 3.23. The van der Waals surface area contributed by atoms with Gasteiger partial charge in [0, 0.05) is 5.27 Å². The maximum absolute atomic E-state index is 4.93. The Morgan fingerprint density at radius 1 is 1.33 bits per heavy atom. The van der Waals surface area contributed by atoms with Gasteiger partial charge in [-0.25, -0.2) is 0 Å². The van der Waals surface area contributed by atoms with Crippen LogP contribution in [0.15, 0.2) is 10.7 Å². The standard InChI is InChI=1S/C8H13N3O/c1-2-4-11(5-3-1)7-8-6-9-10-12-8/h6H,1-5,7H2. The van der Waals surface area contributed by atoms with E-state index >= 15 is 0 Å². The van der Waals surface area contributed by atoms with E-state index in [1.165, 1.54) is 32.4 Å². The van der Waals surface area contributed by atoms with Crippen molar-refractivity contribution in [3.63, 3.8) is 0 Å². The highest BCUT2D eigenvalue weighted by Gasteiger charge is 2.11. The number of hydrogen-bond donors (Lipinski definition) is 0. The Balaban J connectivity index is 1.86. The summed E-state index contributed by atoms with van der Waals surface area (Å²) in [6.07, 6.45) is 5.67. The molecule has 12 heavy (non-hydrogen) atoms. The van der Waals surface area contributed by atoms with Gasteiger partial charge < -0.3 is 4.52 Å². The van der Waals surface area contributed by atoms with Crippen LogP contribution in [0, 0.1) is 0 Å². The predicted octanol–water partition coefficient (Wildman–Crippen LogP) is 1.06. The highest BCUT2D eigenvalue weighted by atomic mass is 16.5. The maximum Gasteiger partial charge on any atom is 0.171 e. The second-order valence-electron chi connectivity index (χ2n) is 3.22. The van der Waals surface area contributed by atoms with E-state index in [0.29, 0.717) is 0 Å². The van der Waals surface area contributed by atoms with E-state index in [1.807, 2.05) is 0 Å². The van der Waals surface area contributed by atoms with Crippen LogP contribution in [0.2, 0.25) is 0 Å². The lowest BCUT2D eigenvalue weighted by molar-refractivity contribution is 0.196. The summed E-state index contributed by atoms with van der Waals surface area (Å²) < 4.78 is 4.93. The van der Waals surface area contributed by atoms with Gasteiger partial charge in [0.15, 0.2) is 5.76 Å². The van der Waals surface area contributed by atoms with Crippen LogP contribution < -0.4 is 0 Å². The topological polar surface area (TPSA) is 42.2 Å². The Kier molecular flexibility index (Phi) is 2.36. The summed E-state index contributed by atoms with van der Waals surface area (Å²) in [6, 6.07) is 0. The Morgan fingerprint density at radius 2 is 2.17 bits per heavy atom. The van der Waals surface area contributed by atoms with Gasteiger partial charge >= 0.3 is 0 Å². The lowest BCUT2D eigenvalue weighted by Crippen LogP contribution is -2.28. The smallest absolute Gasteiger partial charge is 0.171 e. The van der Waals surface area contributed by atoms with Gasteiger partial charge in [0.2, 0.25) is 0 Å². The predicted molar refractivity (Wildman–Crippen MR) is 43.4 cm³/mol. The maximum atomic E-state index is 4.93. The average Bonchev–Trinajstić information content (AvgIpc) is 2.59. The third-order valence-corrected chi connectivity index (χ3v) is 2.24. The molecule has 0 spiro atoms. The fraction of sp³-hybridized carbons (Fsp3) is 0.750. The minimum atomic E-state index is 0.868. The molecule has 0 radical (unpaired) electrons. The van der Waals surface area contributed by atoms with E-state index in [-0.39, 0.29) is 0 Å². The van der Waals surface area contributed by atoms with Crippen molar-refractivity contribution in [1.82, 2.24) is 15.3 Å². The summed E-state index contributed by atoms with van der Waals surface area (Å²) in [5.41, 5.74) is 0. The van der Waals surface area contributed by atoms with Crippen molar-refractivity contribution in [2.45, 2.75) is 25.8 Å². The van der Waals surface area contributed by atoms with Crippen molar-refractivity contribution in [3.05, 3.63) is 12.0 Å². The summed E-state index contributed by atoms with van der Waals surface area (Å²) in [7, 11) is 0. The molecule has 0 N–H and O–H groups in total. The molecule has 4 nitrogen and oxygen atoms in total. The zero-order chi connectivity index (χ0) is 8.23. The molecule has 4 heteroatoms. The molecule has 1 aromatic heterocycles. The SMILES string of the molecule is c1nnoc1CN1CCCCC1. The molecular formula is C8H13N3O. The van der Waals surface area contributed by atoms with Crippen molar-refractivity contribution in [3.8, 4) is 0 Å². The Hall–Kier alpha value is -0.900. The van der Waals surface area contributed by atoms with Crippen molar-refractivity contribution in [2.75, 3.05) is 13.1 Å². The van der Waals surface area contributed by atoms with Gasteiger partial charge in [-0.1, -0.05) is 6.42 Å². The molecule has 1 aliphatic heterocycles. The molecule has 66 valence electrons. The van der Waals surface area contributed by atoms with Crippen LogP contribution >= 0.6 is 0 Å². The molecule has 0 aliphatic carbocycles. The Bertz CT molecular complexity index is 216. The second-order valence-corrected chi connectivity index (χ2v) is 3.22. The summed E-state index contributed by atoms with van der Waals surface area (Å²) in [5, 5.41) is 7.08. The average molecular weight is 167 g/mol. The molecule has 0 aromatic carbocycles. The van der Waals surface area contributed by atoms with Crippen LogP contribution in [0.25, 0.3) is 0 Å². The molecular weight excluding hydrogens is 154 g/mol. The summed E-state index contributed by atoms with van der Waals surface area (Å²) in [4.78, 5) is 2.38. The molecule has 0 bridgehead atoms. The third-order valence-electron chi connectivity index (χ3n) is 2.24. The highest BCUT2D eigenvalue weighted by Crippen LogP contribution is 2.11. The number of nitrogens with zero attached hydrogens (tertiary/aromatic N) is 3. The first-order chi connectivity index (χ1) is 5.95. The van der Waals surface area contributed by atoms with Crippen LogP contribution in [-0.4, -0.2) is 28.4 Å². The van der Waals surface area contributed by atoms with Gasteiger partial charge in [-0.2, -0.15) is 0 Å². The van der Waals surface area contributed by atoms with Gasteiger partial charge in [-0.3, -0.25) is 4.90 Å². The number of rotatable bonds is 2. The lowest BCUT2D eigenvalue weighted by Gasteiger charge is -2.24. The first kappa shape index (κ1) is 7.73. The first-order valence-corrected chi connectivity index (χ1v) is 4.44. The Morgan fingerprint density at radius 3 is 2.83 bits per heavy atom. The van der Waals surface area contributed by atoms with Crippen LogP contribution in [0.3, 0.4) is 0 Å². The molecule has 0 atom stereocenters. The lowest BCUT2D eigenvalue weighted by atomic mass is 10.1. The van der Waals surface area contributed by atoms with E-state index in [4.69, 9.17) is 4.52 Å². The number of hydrogen-bond acceptors (Lipinski definition) is 4. The van der Waals surface area contributed by atoms with Crippen molar-refractivity contribution in [2.24, 2.45) is 0 Å². The Labute approximate surface area is 71.5 Å². The van der Waals surface area contributed by atoms with Crippen LogP contribution in [0.4, 0.5) is 0 Å². The molecule has 1 aliphatic rings. The largest absolute Gasteiger partial charge is 0.341 e. The van der Waals surface area contributed by atoms with Crippen molar-refractivity contribution in [1.29, 1.82) is 0 Å². The van der Waals surface area contributed by atoms with Gasteiger partial charge in [-0.05, 0) is 25.9 Å². The number of likely N-dealkylation sites (tertiary alicyclic amines) is 1. The minimum absolute atomic E-state index is 0.868. The molecule has 0 saturated carbocycles. The normalized spacial score (nSPS) is 19.7. The number of piperidine rings is 1.